The predicted octanol–water partition coefficient (Wildman–Crippen LogP) is 2.09. The molecule has 1 unspecified atom stereocenters. The molecule has 0 radical (unpaired) electrons. The van der Waals surface area contributed by atoms with E-state index in [1.807, 2.05) is 30.3 Å². The Kier molecular flexibility index (Phi) is 4.88. The fraction of sp³-hybridized carbons (Fsp3) is 0.588. The molecule has 4 heteroatoms. The van der Waals surface area contributed by atoms with Crippen molar-refractivity contribution < 1.29 is 4.79 Å². The second kappa shape index (κ2) is 7.05. The molecule has 21 heavy (non-hydrogen) atoms. The third-order valence-electron chi connectivity index (χ3n) is 4.72. The van der Waals surface area contributed by atoms with Gasteiger partial charge in [-0.15, -0.1) is 0 Å². The first-order valence-electron chi connectivity index (χ1n) is 8.12. The Morgan fingerprint density at radius 1 is 1.19 bits per heavy atom. The third-order valence-corrected chi connectivity index (χ3v) is 4.72. The van der Waals surface area contributed by atoms with Crippen LogP contribution in [0.5, 0.6) is 0 Å². The van der Waals surface area contributed by atoms with E-state index in [4.69, 9.17) is 0 Å². The van der Waals surface area contributed by atoms with Crippen LogP contribution >= 0.6 is 0 Å². The van der Waals surface area contributed by atoms with Crippen molar-refractivity contribution in [2.75, 3.05) is 31.5 Å². The molecule has 0 saturated carbocycles. The lowest BCUT2D eigenvalue weighted by molar-refractivity contribution is -0.117. The Hall–Kier alpha value is -1.39. The van der Waals surface area contributed by atoms with Gasteiger partial charge in [-0.2, -0.15) is 0 Å². The molecular formula is C17H25N3O. The van der Waals surface area contributed by atoms with Crippen LogP contribution in [0.4, 0.5) is 5.69 Å². The molecule has 114 valence electrons. The van der Waals surface area contributed by atoms with Crippen molar-refractivity contribution in [2.45, 2.75) is 31.7 Å². The Labute approximate surface area is 126 Å². The number of amides is 1. The summed E-state index contributed by atoms with van der Waals surface area (Å²) in [6, 6.07) is 10.4. The first kappa shape index (κ1) is 14.5. The van der Waals surface area contributed by atoms with E-state index in [9.17, 15) is 4.79 Å². The Morgan fingerprint density at radius 2 is 1.95 bits per heavy atom. The highest BCUT2D eigenvalue weighted by Crippen LogP contribution is 2.25. The molecule has 0 bridgehead atoms. The van der Waals surface area contributed by atoms with E-state index in [1.54, 1.807) is 0 Å². The van der Waals surface area contributed by atoms with Crippen molar-refractivity contribution in [3.63, 3.8) is 0 Å². The van der Waals surface area contributed by atoms with Crippen LogP contribution in [0.3, 0.4) is 0 Å². The predicted molar refractivity (Wildman–Crippen MR) is 85.3 cm³/mol. The molecule has 2 N–H and O–H groups in total. The molecule has 1 aromatic rings. The summed E-state index contributed by atoms with van der Waals surface area (Å²) in [7, 11) is 0. The lowest BCUT2D eigenvalue weighted by atomic mass is 9.88. The quantitative estimate of drug-likeness (QED) is 0.891. The maximum absolute atomic E-state index is 12.1. The molecule has 2 aliphatic heterocycles. The lowest BCUT2D eigenvalue weighted by Crippen LogP contribution is -2.43. The summed E-state index contributed by atoms with van der Waals surface area (Å²) in [6.45, 7) is 3.79. The topological polar surface area (TPSA) is 44.4 Å². The molecule has 0 aliphatic carbocycles. The number of carbonyl (C=O) groups excluding carboxylic acids is 1. The van der Waals surface area contributed by atoms with Crippen LogP contribution in [-0.2, 0) is 4.79 Å². The summed E-state index contributed by atoms with van der Waals surface area (Å²) in [5, 5.41) is 6.58. The third kappa shape index (κ3) is 4.05. The standard InChI is InChI=1S/C17H25N3O/c21-17(19-15-5-2-1-3-6-15)13-20-11-8-14(9-12-20)16-7-4-10-18-16/h1-3,5-6,14,16,18H,4,7-13H2,(H,19,21). The number of rotatable bonds is 4. The highest BCUT2D eigenvalue weighted by atomic mass is 16.2. The number of carbonyl (C=O) groups is 1. The van der Waals surface area contributed by atoms with Gasteiger partial charge < -0.3 is 10.6 Å². The molecule has 2 aliphatic rings. The van der Waals surface area contributed by atoms with Crippen LogP contribution < -0.4 is 10.6 Å². The number of nitrogens with zero attached hydrogens (tertiary/aromatic N) is 1. The summed E-state index contributed by atoms with van der Waals surface area (Å²) in [4.78, 5) is 14.3. The van der Waals surface area contributed by atoms with Crippen molar-refractivity contribution in [2.24, 2.45) is 5.92 Å². The van der Waals surface area contributed by atoms with Crippen molar-refractivity contribution in [3.05, 3.63) is 30.3 Å². The van der Waals surface area contributed by atoms with Gasteiger partial charge in [0.1, 0.15) is 0 Å². The van der Waals surface area contributed by atoms with Crippen LogP contribution in [-0.4, -0.2) is 43.0 Å². The van der Waals surface area contributed by atoms with Crippen molar-refractivity contribution in [1.82, 2.24) is 10.2 Å². The van der Waals surface area contributed by atoms with Crippen LogP contribution in [0.25, 0.3) is 0 Å². The number of nitrogens with one attached hydrogen (secondary N) is 2. The molecule has 0 aromatic heterocycles. The van der Waals surface area contributed by atoms with E-state index >= 15 is 0 Å². The minimum atomic E-state index is 0.0960. The average molecular weight is 287 g/mol. The van der Waals surface area contributed by atoms with E-state index in [1.165, 1.54) is 32.2 Å². The second-order valence-electron chi connectivity index (χ2n) is 6.23. The minimum absolute atomic E-state index is 0.0960. The summed E-state index contributed by atoms with van der Waals surface area (Å²) < 4.78 is 0. The van der Waals surface area contributed by atoms with Gasteiger partial charge in [-0.25, -0.2) is 0 Å². The molecule has 2 fully saturated rings. The van der Waals surface area contributed by atoms with Gasteiger partial charge in [0.05, 0.1) is 6.54 Å². The summed E-state index contributed by atoms with van der Waals surface area (Å²) >= 11 is 0. The van der Waals surface area contributed by atoms with E-state index in [0.717, 1.165) is 30.7 Å². The molecule has 2 heterocycles. The maximum atomic E-state index is 12.1. The Morgan fingerprint density at radius 3 is 2.62 bits per heavy atom. The van der Waals surface area contributed by atoms with Crippen LogP contribution in [0.1, 0.15) is 25.7 Å². The fourth-order valence-corrected chi connectivity index (χ4v) is 3.55. The SMILES string of the molecule is O=C(CN1CCC(C2CCCN2)CC1)Nc1ccccc1. The molecular weight excluding hydrogens is 262 g/mol. The normalized spacial score (nSPS) is 24.1. The van der Waals surface area contributed by atoms with Crippen LogP contribution in [0, 0.1) is 5.92 Å². The van der Waals surface area contributed by atoms with E-state index in [2.05, 4.69) is 15.5 Å². The van der Waals surface area contributed by atoms with Gasteiger partial charge >= 0.3 is 0 Å². The van der Waals surface area contributed by atoms with Gasteiger partial charge in [0.2, 0.25) is 5.91 Å². The first-order chi connectivity index (χ1) is 10.3. The van der Waals surface area contributed by atoms with Gasteiger partial charge in [-0.1, -0.05) is 18.2 Å². The highest BCUT2D eigenvalue weighted by molar-refractivity contribution is 5.92. The first-order valence-corrected chi connectivity index (χ1v) is 8.12. The lowest BCUT2D eigenvalue weighted by Gasteiger charge is -2.34. The zero-order chi connectivity index (χ0) is 14.5. The minimum Gasteiger partial charge on any atom is -0.325 e. The highest BCUT2D eigenvalue weighted by Gasteiger charge is 2.28. The average Bonchev–Trinajstić information content (AvgIpc) is 3.03. The smallest absolute Gasteiger partial charge is 0.238 e. The van der Waals surface area contributed by atoms with Gasteiger partial charge in [0.15, 0.2) is 0 Å². The fourth-order valence-electron chi connectivity index (χ4n) is 3.55. The Bertz CT molecular complexity index is 448. The zero-order valence-electron chi connectivity index (χ0n) is 12.6. The van der Waals surface area contributed by atoms with Crippen molar-refractivity contribution >= 4 is 11.6 Å². The van der Waals surface area contributed by atoms with Crippen LogP contribution in [0.2, 0.25) is 0 Å². The second-order valence-corrected chi connectivity index (χ2v) is 6.23. The molecule has 1 atom stereocenters. The number of anilines is 1. The number of likely N-dealkylation sites (tertiary alicyclic amines) is 1. The maximum Gasteiger partial charge on any atom is 0.238 e. The molecule has 2 saturated heterocycles. The van der Waals surface area contributed by atoms with Crippen molar-refractivity contribution in [1.29, 1.82) is 0 Å². The number of benzene rings is 1. The number of hydrogen-bond acceptors (Lipinski definition) is 3. The summed E-state index contributed by atoms with van der Waals surface area (Å²) in [5.41, 5.74) is 0.882. The summed E-state index contributed by atoms with van der Waals surface area (Å²) in [6.07, 6.45) is 5.09. The van der Waals surface area contributed by atoms with Gasteiger partial charge in [-0.05, 0) is 63.4 Å². The van der Waals surface area contributed by atoms with E-state index < -0.39 is 0 Å². The van der Waals surface area contributed by atoms with E-state index in [-0.39, 0.29) is 5.91 Å². The van der Waals surface area contributed by atoms with Crippen LogP contribution in [0.15, 0.2) is 30.3 Å². The van der Waals surface area contributed by atoms with Gasteiger partial charge in [0.25, 0.3) is 0 Å². The summed E-state index contributed by atoms with van der Waals surface area (Å²) in [5.74, 6) is 0.902. The largest absolute Gasteiger partial charge is 0.325 e. The van der Waals surface area contributed by atoms with Gasteiger partial charge in [0, 0.05) is 11.7 Å². The molecule has 1 amide bonds. The zero-order valence-corrected chi connectivity index (χ0v) is 12.6. The number of hydrogen-bond donors (Lipinski definition) is 2. The molecule has 3 rings (SSSR count). The van der Waals surface area contributed by atoms with E-state index in [0.29, 0.717) is 6.54 Å². The van der Waals surface area contributed by atoms with Gasteiger partial charge in [-0.3, -0.25) is 9.69 Å². The Balaban J connectivity index is 1.41. The monoisotopic (exact) mass is 287 g/mol. The molecule has 1 aromatic carbocycles. The molecule has 4 nitrogen and oxygen atoms in total. The van der Waals surface area contributed by atoms with Crippen molar-refractivity contribution in [3.8, 4) is 0 Å². The number of para-hydroxylation sites is 1. The number of piperidine rings is 1. The molecule has 0 spiro atoms.